The fourth-order valence-corrected chi connectivity index (χ4v) is 1.90. The predicted octanol–water partition coefficient (Wildman–Crippen LogP) is 5.77. The lowest BCUT2D eigenvalue weighted by Gasteiger charge is -2.34. The number of alkyl halides is 9. The Morgan fingerprint density at radius 1 is 0.783 bits per heavy atom. The topological polar surface area (TPSA) is 0 Å². The van der Waals surface area contributed by atoms with E-state index in [9.17, 15) is 39.5 Å². The van der Waals surface area contributed by atoms with E-state index in [1.54, 1.807) is 0 Å². The smallest absolute Gasteiger partial charge is 0.194 e. The molecule has 0 bridgehead atoms. The van der Waals surface area contributed by atoms with Crippen LogP contribution in [0.3, 0.4) is 0 Å². The summed E-state index contributed by atoms with van der Waals surface area (Å²) in [6.07, 6.45) is -6.60. The summed E-state index contributed by atoms with van der Waals surface area (Å²) >= 11 is 0. The molecule has 0 amide bonds. The van der Waals surface area contributed by atoms with Crippen molar-refractivity contribution in [3.05, 3.63) is 42.3 Å². The first kappa shape index (κ1) is 19.6. The highest BCUT2D eigenvalue weighted by molar-refractivity contribution is 5.33. The molecule has 0 aliphatic rings. The predicted molar refractivity (Wildman–Crippen MR) is 64.6 cm³/mol. The van der Waals surface area contributed by atoms with Gasteiger partial charge in [-0.1, -0.05) is 37.6 Å². The molecule has 0 nitrogen and oxygen atoms in total. The molecule has 1 radical (unpaired) electrons. The van der Waals surface area contributed by atoms with Crippen molar-refractivity contribution in [1.82, 2.24) is 0 Å². The lowest BCUT2D eigenvalue weighted by Crippen LogP contribution is -2.59. The highest BCUT2D eigenvalue weighted by Gasteiger charge is 2.82. The number of unbranched alkanes of at least 4 members (excludes halogenated alkanes) is 1. The molecule has 9 heteroatoms. The molecule has 0 saturated carbocycles. The third-order valence-electron chi connectivity index (χ3n) is 3.20. The zero-order valence-electron chi connectivity index (χ0n) is 11.5. The third kappa shape index (κ3) is 3.28. The Morgan fingerprint density at radius 2 is 1.30 bits per heavy atom. The fourth-order valence-electron chi connectivity index (χ4n) is 1.90. The van der Waals surface area contributed by atoms with E-state index in [2.05, 4.69) is 6.92 Å². The number of hydrogen-bond acceptors (Lipinski definition) is 0. The molecular weight excluding hydrogens is 339 g/mol. The normalized spacial score (nSPS) is 14.2. The van der Waals surface area contributed by atoms with E-state index in [4.69, 9.17) is 0 Å². The molecule has 1 aromatic carbocycles. The molecule has 23 heavy (non-hydrogen) atoms. The number of hydrogen-bond donors (Lipinski definition) is 0. The molecule has 0 saturated heterocycles. The van der Waals surface area contributed by atoms with Crippen LogP contribution in [-0.2, 0) is 12.3 Å². The standard InChI is InChI=1S/C14H12F9/c1-2-3-6-9-7-4-5-8-10(9)11(15,16)12(17,18)13(19,20)14(21,22)23/h4-5,7-8H,1-3,6H2. The Balaban J connectivity index is 3.41. The van der Waals surface area contributed by atoms with Crippen LogP contribution in [0.25, 0.3) is 0 Å². The van der Waals surface area contributed by atoms with Gasteiger partial charge in [0.2, 0.25) is 0 Å². The molecule has 0 fully saturated rings. The average Bonchev–Trinajstić information content (AvgIpc) is 2.43. The van der Waals surface area contributed by atoms with E-state index >= 15 is 0 Å². The van der Waals surface area contributed by atoms with Crippen LogP contribution in [0.1, 0.15) is 24.0 Å². The number of benzene rings is 1. The zero-order valence-corrected chi connectivity index (χ0v) is 11.5. The summed E-state index contributed by atoms with van der Waals surface area (Å²) in [5.74, 6) is -19.2. The Labute approximate surface area is 126 Å². The van der Waals surface area contributed by atoms with Crippen LogP contribution >= 0.6 is 0 Å². The minimum atomic E-state index is -6.89. The summed E-state index contributed by atoms with van der Waals surface area (Å²) in [7, 11) is 0. The molecule has 0 spiro atoms. The molecule has 0 unspecified atom stereocenters. The molecule has 1 rings (SSSR count). The number of aryl methyl sites for hydroxylation is 1. The largest absolute Gasteiger partial charge is 0.460 e. The first-order valence-corrected chi connectivity index (χ1v) is 6.38. The Hall–Kier alpha value is -1.41. The van der Waals surface area contributed by atoms with Gasteiger partial charge in [0.05, 0.1) is 0 Å². The van der Waals surface area contributed by atoms with Crippen LogP contribution < -0.4 is 0 Å². The second kappa shape index (κ2) is 6.24. The van der Waals surface area contributed by atoms with Gasteiger partial charge in [-0.2, -0.15) is 39.5 Å². The van der Waals surface area contributed by atoms with Gasteiger partial charge in [-0.15, -0.1) is 0 Å². The molecular formula is C14H12F9. The minimum Gasteiger partial charge on any atom is -0.194 e. The summed E-state index contributed by atoms with van der Waals surface area (Å²) in [6, 6.07) is 3.44. The van der Waals surface area contributed by atoms with Gasteiger partial charge in [-0.05, 0) is 18.4 Å². The molecule has 0 aliphatic heterocycles. The molecule has 0 aromatic heterocycles. The summed E-state index contributed by atoms with van der Waals surface area (Å²) < 4.78 is 117. The maximum absolute atomic E-state index is 13.9. The van der Waals surface area contributed by atoms with Crippen LogP contribution in [0.4, 0.5) is 39.5 Å². The lowest BCUT2D eigenvalue weighted by atomic mass is 9.91. The zero-order chi connectivity index (χ0) is 18.1. The van der Waals surface area contributed by atoms with Gasteiger partial charge in [-0.3, -0.25) is 0 Å². The summed E-state index contributed by atoms with van der Waals surface area (Å²) in [5.41, 5.74) is -1.99. The Kier molecular flexibility index (Phi) is 5.33. The molecule has 1 aromatic rings. The number of halogens is 9. The SMILES string of the molecule is [CH2]CCCc1ccccc1C(F)(F)C(F)(F)C(F)(F)C(F)(F)F. The van der Waals surface area contributed by atoms with Crippen LogP contribution in [0.2, 0.25) is 0 Å². The maximum atomic E-state index is 13.9. The minimum absolute atomic E-state index is 0.175. The fraction of sp³-hybridized carbons (Fsp3) is 0.500. The average molecular weight is 351 g/mol. The first-order chi connectivity index (χ1) is 10.3. The summed E-state index contributed by atoms with van der Waals surface area (Å²) in [4.78, 5) is 0. The van der Waals surface area contributed by atoms with E-state index < -0.39 is 35.1 Å². The van der Waals surface area contributed by atoms with Gasteiger partial charge in [0.25, 0.3) is 0 Å². The van der Waals surface area contributed by atoms with Crippen molar-refractivity contribution in [2.24, 2.45) is 0 Å². The van der Waals surface area contributed by atoms with E-state index in [0.717, 1.165) is 12.1 Å². The first-order valence-electron chi connectivity index (χ1n) is 6.38. The van der Waals surface area contributed by atoms with E-state index in [1.807, 2.05) is 0 Å². The van der Waals surface area contributed by atoms with Gasteiger partial charge in [0.1, 0.15) is 0 Å². The van der Waals surface area contributed by atoms with E-state index in [-0.39, 0.29) is 19.3 Å². The molecule has 0 aliphatic carbocycles. The van der Waals surface area contributed by atoms with Crippen LogP contribution in [0, 0.1) is 6.92 Å². The van der Waals surface area contributed by atoms with Crippen molar-refractivity contribution >= 4 is 0 Å². The maximum Gasteiger partial charge on any atom is 0.460 e. The van der Waals surface area contributed by atoms with Gasteiger partial charge >= 0.3 is 23.9 Å². The lowest BCUT2D eigenvalue weighted by molar-refractivity contribution is -0.399. The molecule has 0 N–H and O–H groups in total. The van der Waals surface area contributed by atoms with Crippen molar-refractivity contribution in [3.63, 3.8) is 0 Å². The Bertz CT molecular complexity index is 531. The van der Waals surface area contributed by atoms with Crippen LogP contribution in [0.15, 0.2) is 24.3 Å². The molecule has 0 heterocycles. The third-order valence-corrected chi connectivity index (χ3v) is 3.20. The summed E-state index contributed by atoms with van der Waals surface area (Å²) in [6.45, 7) is 3.41. The van der Waals surface area contributed by atoms with Crippen molar-refractivity contribution in [3.8, 4) is 0 Å². The van der Waals surface area contributed by atoms with Gasteiger partial charge in [-0.25, -0.2) is 0 Å². The second-order valence-electron chi connectivity index (χ2n) is 4.84. The highest BCUT2D eigenvalue weighted by Crippen LogP contribution is 2.57. The van der Waals surface area contributed by atoms with Crippen molar-refractivity contribution in [1.29, 1.82) is 0 Å². The summed E-state index contributed by atoms with van der Waals surface area (Å²) in [5, 5.41) is 0. The van der Waals surface area contributed by atoms with E-state index in [0.29, 0.717) is 6.07 Å². The van der Waals surface area contributed by atoms with Crippen molar-refractivity contribution in [2.75, 3.05) is 0 Å². The monoisotopic (exact) mass is 351 g/mol. The van der Waals surface area contributed by atoms with Crippen LogP contribution in [-0.4, -0.2) is 18.0 Å². The van der Waals surface area contributed by atoms with E-state index in [1.165, 1.54) is 6.07 Å². The van der Waals surface area contributed by atoms with Crippen molar-refractivity contribution in [2.45, 2.75) is 43.2 Å². The Morgan fingerprint density at radius 3 is 1.78 bits per heavy atom. The molecule has 0 atom stereocenters. The highest BCUT2D eigenvalue weighted by atomic mass is 19.4. The quantitative estimate of drug-likeness (QED) is 0.571. The number of rotatable bonds is 6. The second-order valence-corrected chi connectivity index (χ2v) is 4.84. The van der Waals surface area contributed by atoms with Gasteiger partial charge in [0, 0.05) is 5.56 Å². The van der Waals surface area contributed by atoms with Crippen molar-refractivity contribution < 1.29 is 39.5 Å². The van der Waals surface area contributed by atoms with Gasteiger partial charge in [0.15, 0.2) is 0 Å². The van der Waals surface area contributed by atoms with Crippen LogP contribution in [0.5, 0.6) is 0 Å². The van der Waals surface area contributed by atoms with Gasteiger partial charge < -0.3 is 0 Å². The molecule has 131 valence electrons.